The maximum atomic E-state index is 6.50. The summed E-state index contributed by atoms with van der Waals surface area (Å²) in [6.45, 7) is 0. The highest BCUT2D eigenvalue weighted by molar-refractivity contribution is 6.20. The average molecular weight is 1120 g/mol. The summed E-state index contributed by atoms with van der Waals surface area (Å²) < 4.78 is 26.5. The van der Waals surface area contributed by atoms with E-state index in [2.05, 4.69) is 250 Å². The van der Waals surface area contributed by atoms with E-state index in [0.717, 1.165) is 160 Å². The molecule has 0 amide bonds. The lowest BCUT2D eigenvalue weighted by molar-refractivity contribution is 0.669. The molecule has 0 atom stereocenters. The molecule has 0 N–H and O–H groups in total. The number of para-hydroxylation sites is 6. The van der Waals surface area contributed by atoms with Gasteiger partial charge in [-0.3, -0.25) is 0 Å². The topological polar surface area (TPSA) is 80.0 Å². The fourth-order valence-corrected chi connectivity index (χ4v) is 14.4. The van der Waals surface area contributed by atoms with Gasteiger partial charge in [-0.05, 0) is 114 Å². The molecule has 0 fully saturated rings. The Hall–Kier alpha value is -12.0. The summed E-state index contributed by atoms with van der Waals surface area (Å²) in [6.07, 6.45) is 0. The zero-order valence-electron chi connectivity index (χ0n) is 46.9. The van der Waals surface area contributed by atoms with Crippen molar-refractivity contribution in [2.75, 3.05) is 0 Å². The van der Waals surface area contributed by atoms with Crippen molar-refractivity contribution in [3.8, 4) is 50.8 Å². The lowest BCUT2D eigenvalue weighted by Gasteiger charge is -2.14. The molecule has 13 aromatic carbocycles. The van der Waals surface area contributed by atoms with Crippen LogP contribution in [0, 0.1) is 0 Å². The monoisotopic (exact) mass is 1120 g/mol. The van der Waals surface area contributed by atoms with Gasteiger partial charge in [0.2, 0.25) is 0 Å². The Morgan fingerprint density at radius 1 is 0.216 bits per heavy atom. The second kappa shape index (κ2) is 17.8. The highest BCUT2D eigenvalue weighted by Crippen LogP contribution is 2.44. The second-order valence-corrected chi connectivity index (χ2v) is 23.2. The Morgan fingerprint density at radius 2 is 0.614 bits per heavy atom. The molecule has 0 aliphatic carbocycles. The number of hydrogen-bond donors (Lipinski definition) is 0. The van der Waals surface area contributed by atoms with Crippen molar-refractivity contribution < 1.29 is 13.3 Å². The maximum Gasteiger partial charge on any atom is 0.160 e. The molecule has 88 heavy (non-hydrogen) atoms. The standard InChI is InChI=1S/C80H45N5O3/c1-7-25-67-53(19-1)59-40-62-56-22-4-10-28-73(56)86-76(62)43-70(59)83(67)50-34-31-46(32-35-50)79-65-39-48(47-15-13-17-51(37-47)84-68-26-8-2-20-54(68)60-41-63-57-23-5-11-29-74(57)87-77(63)44-71(60)84)33-36-66(65)81-80(82-79)49-16-14-18-52(38-49)85-69-27-9-3-21-55(69)61-42-64-58-24-6-12-30-75(58)88-78(64)45-72(61)85/h1-45H. The van der Waals surface area contributed by atoms with Crippen LogP contribution in [0.1, 0.15) is 0 Å². The molecule has 0 aliphatic heterocycles. The molecule has 8 heteroatoms. The van der Waals surface area contributed by atoms with Gasteiger partial charge in [-0.2, -0.15) is 0 Å². The Labute approximate surface area is 500 Å². The van der Waals surface area contributed by atoms with E-state index in [1.54, 1.807) is 0 Å². The molecular weight excluding hydrogens is 1080 g/mol. The zero-order chi connectivity index (χ0) is 57.3. The van der Waals surface area contributed by atoms with Crippen molar-refractivity contribution in [3.63, 3.8) is 0 Å². The third-order valence-corrected chi connectivity index (χ3v) is 18.4. The van der Waals surface area contributed by atoms with Crippen LogP contribution in [0.4, 0.5) is 0 Å². The molecule has 0 unspecified atom stereocenters. The van der Waals surface area contributed by atoms with E-state index >= 15 is 0 Å². The van der Waals surface area contributed by atoms with Crippen LogP contribution in [-0.4, -0.2) is 23.7 Å². The molecule has 0 saturated carbocycles. The fraction of sp³-hybridized carbons (Fsp3) is 0. The van der Waals surface area contributed by atoms with E-state index in [1.807, 2.05) is 36.4 Å². The van der Waals surface area contributed by atoms with E-state index in [1.165, 1.54) is 26.9 Å². The molecule has 0 bridgehead atoms. The van der Waals surface area contributed by atoms with Gasteiger partial charge in [0.05, 0.1) is 44.3 Å². The number of aromatic nitrogens is 5. The van der Waals surface area contributed by atoms with E-state index < -0.39 is 0 Å². The smallest absolute Gasteiger partial charge is 0.160 e. The van der Waals surface area contributed by atoms with Gasteiger partial charge >= 0.3 is 0 Å². The number of rotatable bonds is 6. The predicted molar refractivity (Wildman–Crippen MR) is 361 cm³/mol. The van der Waals surface area contributed by atoms with Crippen LogP contribution in [-0.2, 0) is 0 Å². The predicted octanol–water partition coefficient (Wildman–Crippen LogP) is 21.6. The van der Waals surface area contributed by atoms with E-state index in [9.17, 15) is 0 Å². The van der Waals surface area contributed by atoms with Gasteiger partial charge in [-0.25, -0.2) is 9.97 Å². The number of nitrogens with zero attached hydrogens (tertiary/aromatic N) is 5. The summed E-state index contributed by atoms with van der Waals surface area (Å²) in [4.78, 5) is 11.1. The summed E-state index contributed by atoms with van der Waals surface area (Å²) in [7, 11) is 0. The summed E-state index contributed by atoms with van der Waals surface area (Å²) in [5.74, 6) is 0.630. The van der Waals surface area contributed by atoms with Crippen LogP contribution < -0.4 is 0 Å². The first-order valence-electron chi connectivity index (χ1n) is 29.8. The van der Waals surface area contributed by atoms with Crippen molar-refractivity contribution in [3.05, 3.63) is 273 Å². The molecule has 8 nitrogen and oxygen atoms in total. The summed E-state index contributed by atoms with van der Waals surface area (Å²) in [5.41, 5.74) is 20.6. The minimum atomic E-state index is 0.630. The lowest BCUT2D eigenvalue weighted by Crippen LogP contribution is -1.99. The van der Waals surface area contributed by atoms with Gasteiger partial charge in [-0.15, -0.1) is 0 Å². The molecule has 7 heterocycles. The molecule has 408 valence electrons. The van der Waals surface area contributed by atoms with Gasteiger partial charge in [0.15, 0.2) is 5.82 Å². The van der Waals surface area contributed by atoms with E-state index in [0.29, 0.717) is 5.82 Å². The van der Waals surface area contributed by atoms with Crippen LogP contribution in [0.25, 0.3) is 193 Å². The zero-order valence-corrected chi connectivity index (χ0v) is 46.9. The van der Waals surface area contributed by atoms with Crippen molar-refractivity contribution in [2.45, 2.75) is 0 Å². The largest absolute Gasteiger partial charge is 0.456 e. The minimum Gasteiger partial charge on any atom is -0.456 e. The number of hydrogen-bond acceptors (Lipinski definition) is 5. The molecule has 7 aromatic heterocycles. The van der Waals surface area contributed by atoms with Crippen LogP contribution in [0.3, 0.4) is 0 Å². The lowest BCUT2D eigenvalue weighted by atomic mass is 9.99. The SMILES string of the molecule is c1cc(-c2ccc3nc(-c4cccc(-n5c6ccccc6c6cc7c(cc65)oc5ccccc57)c4)nc(-c4ccc(-n5c6ccccc6c6cc7c(cc65)oc5ccccc57)cc4)c3c2)cc(-n2c3ccccc3c3cc4c(cc32)oc2ccccc24)c1. The van der Waals surface area contributed by atoms with Crippen LogP contribution >= 0.6 is 0 Å². The van der Waals surface area contributed by atoms with E-state index in [-0.39, 0.29) is 0 Å². The normalized spacial score (nSPS) is 12.3. The molecule has 0 saturated heterocycles. The van der Waals surface area contributed by atoms with Gasteiger partial charge < -0.3 is 27.0 Å². The molecule has 0 spiro atoms. The third kappa shape index (κ3) is 6.79. The van der Waals surface area contributed by atoms with Gasteiger partial charge in [0.25, 0.3) is 0 Å². The van der Waals surface area contributed by atoms with Crippen molar-refractivity contribution >= 4 is 142 Å². The molecule has 20 aromatic rings. The first-order chi connectivity index (χ1) is 43.6. The second-order valence-electron chi connectivity index (χ2n) is 23.2. The van der Waals surface area contributed by atoms with Gasteiger partial charge in [0.1, 0.15) is 33.5 Å². The third-order valence-electron chi connectivity index (χ3n) is 18.4. The van der Waals surface area contributed by atoms with Crippen molar-refractivity contribution in [1.29, 1.82) is 0 Å². The number of benzene rings is 13. The Bertz CT molecular complexity index is 6380. The summed E-state index contributed by atoms with van der Waals surface area (Å²) in [5, 5.41) is 14.7. The maximum absolute atomic E-state index is 6.50. The van der Waals surface area contributed by atoms with Crippen LogP contribution in [0.5, 0.6) is 0 Å². The van der Waals surface area contributed by atoms with Crippen molar-refractivity contribution in [2.24, 2.45) is 0 Å². The summed E-state index contributed by atoms with van der Waals surface area (Å²) >= 11 is 0. The molecule has 20 rings (SSSR count). The quantitative estimate of drug-likeness (QED) is 0.166. The first-order valence-corrected chi connectivity index (χ1v) is 29.8. The number of furan rings is 3. The van der Waals surface area contributed by atoms with Crippen LogP contribution in [0.2, 0.25) is 0 Å². The molecule has 0 aliphatic rings. The van der Waals surface area contributed by atoms with Crippen LogP contribution in [0.15, 0.2) is 286 Å². The molecule has 0 radical (unpaired) electrons. The van der Waals surface area contributed by atoms with E-state index in [4.69, 9.17) is 23.2 Å². The first kappa shape index (κ1) is 47.4. The molecular formula is C80H45N5O3. The fourth-order valence-electron chi connectivity index (χ4n) is 14.4. The highest BCUT2D eigenvalue weighted by Gasteiger charge is 2.22. The van der Waals surface area contributed by atoms with Gasteiger partial charge in [0, 0.05) is 116 Å². The average Bonchev–Trinajstić information content (AvgIpc) is 1.89. The Morgan fingerprint density at radius 3 is 1.10 bits per heavy atom. The Balaban J connectivity index is 0.760. The summed E-state index contributed by atoms with van der Waals surface area (Å²) in [6, 6.07) is 97.3. The van der Waals surface area contributed by atoms with Gasteiger partial charge in [-0.1, -0.05) is 152 Å². The Kier molecular flexibility index (Phi) is 9.57. The highest BCUT2D eigenvalue weighted by atomic mass is 16.3. The van der Waals surface area contributed by atoms with Crippen molar-refractivity contribution in [1.82, 2.24) is 23.7 Å². The minimum absolute atomic E-state index is 0.630. The number of fused-ring (bicyclic) bond motifs is 19.